The van der Waals surface area contributed by atoms with Gasteiger partial charge >= 0.3 is 0 Å². The van der Waals surface area contributed by atoms with Crippen molar-refractivity contribution in [1.29, 1.82) is 0 Å². The summed E-state index contributed by atoms with van der Waals surface area (Å²) in [4.78, 5) is 15.1. The Kier molecular flexibility index (Phi) is 2.90. The number of carbonyl (C=O) groups is 1. The quantitative estimate of drug-likeness (QED) is 0.705. The maximum Gasteiger partial charge on any atom is 0.155 e. The molecule has 0 unspecified atom stereocenters. The van der Waals surface area contributed by atoms with Gasteiger partial charge in [-0.25, -0.2) is 4.39 Å². The Labute approximate surface area is 87.8 Å². The summed E-state index contributed by atoms with van der Waals surface area (Å²) in [5, 5.41) is 0. The highest BCUT2D eigenvalue weighted by Gasteiger charge is 2.10. The van der Waals surface area contributed by atoms with E-state index in [1.54, 1.807) is 12.3 Å². The number of hydrogen-bond donors (Lipinski definition) is 0. The first-order valence-electron chi connectivity index (χ1n) is 5.10. The lowest BCUT2D eigenvalue weighted by molar-refractivity contribution is -0.114. The van der Waals surface area contributed by atoms with Gasteiger partial charge in [-0.3, -0.25) is 9.78 Å². The van der Waals surface area contributed by atoms with Crippen LogP contribution in [0.25, 0.3) is 5.57 Å². The van der Waals surface area contributed by atoms with Crippen LogP contribution in [0.1, 0.15) is 31.2 Å². The van der Waals surface area contributed by atoms with Crippen molar-refractivity contribution in [1.82, 2.24) is 4.98 Å². The molecule has 1 aliphatic carbocycles. The van der Waals surface area contributed by atoms with Crippen molar-refractivity contribution >= 4 is 11.4 Å². The Morgan fingerprint density at radius 1 is 1.20 bits per heavy atom. The highest BCUT2D eigenvalue weighted by molar-refractivity contribution is 5.97. The Hall–Kier alpha value is -1.51. The molecule has 0 N–H and O–H groups in total. The van der Waals surface area contributed by atoms with E-state index in [-0.39, 0.29) is 11.6 Å². The topological polar surface area (TPSA) is 30.0 Å². The monoisotopic (exact) mass is 205 g/mol. The molecule has 1 heterocycles. The second-order valence-corrected chi connectivity index (χ2v) is 3.73. The molecule has 0 bridgehead atoms. The first-order valence-corrected chi connectivity index (χ1v) is 5.10. The van der Waals surface area contributed by atoms with E-state index in [4.69, 9.17) is 0 Å². The molecule has 3 heteroatoms. The molecule has 0 radical (unpaired) electrons. The van der Waals surface area contributed by atoms with Crippen LogP contribution in [-0.2, 0) is 4.79 Å². The molecule has 0 spiro atoms. The summed E-state index contributed by atoms with van der Waals surface area (Å²) in [6.45, 7) is 0. The molecule has 0 saturated heterocycles. The average Bonchev–Trinajstić information content (AvgIpc) is 2.43. The van der Waals surface area contributed by atoms with E-state index in [9.17, 15) is 9.18 Å². The Morgan fingerprint density at radius 3 is 2.80 bits per heavy atom. The summed E-state index contributed by atoms with van der Waals surface area (Å²) >= 11 is 0. The fourth-order valence-corrected chi connectivity index (χ4v) is 1.77. The summed E-state index contributed by atoms with van der Waals surface area (Å²) in [7, 11) is 0. The molecule has 1 aromatic heterocycles. The molecular formula is C12H12FNO. The Balaban J connectivity index is 2.32. The molecule has 2 nitrogen and oxygen atoms in total. The molecule has 1 aromatic rings. The number of carbonyl (C=O) groups excluding carboxylic acids is 1. The first-order chi connectivity index (χ1) is 7.25. The summed E-state index contributed by atoms with van der Waals surface area (Å²) in [6, 6.07) is 1.43. The number of rotatable bonds is 1. The van der Waals surface area contributed by atoms with Gasteiger partial charge in [0.15, 0.2) is 5.78 Å². The van der Waals surface area contributed by atoms with Gasteiger partial charge in [-0.05, 0) is 42.5 Å². The minimum Gasteiger partial charge on any atom is -0.295 e. The van der Waals surface area contributed by atoms with Crippen molar-refractivity contribution in [2.45, 2.75) is 25.7 Å². The lowest BCUT2D eigenvalue weighted by Gasteiger charge is -2.03. The van der Waals surface area contributed by atoms with Crippen molar-refractivity contribution in [3.63, 3.8) is 0 Å². The van der Waals surface area contributed by atoms with Crippen LogP contribution in [0.3, 0.4) is 0 Å². The Morgan fingerprint density at radius 2 is 2.00 bits per heavy atom. The van der Waals surface area contributed by atoms with E-state index in [0.717, 1.165) is 30.4 Å². The SMILES string of the molecule is O=C1C=C(c2cncc(F)c2)CCCC1. The molecular weight excluding hydrogens is 193 g/mol. The van der Waals surface area contributed by atoms with Crippen LogP contribution >= 0.6 is 0 Å². The lowest BCUT2D eigenvalue weighted by atomic mass is 10.0. The van der Waals surface area contributed by atoms with E-state index in [2.05, 4.69) is 4.98 Å². The van der Waals surface area contributed by atoms with Crippen molar-refractivity contribution < 1.29 is 9.18 Å². The summed E-state index contributed by atoms with van der Waals surface area (Å²) in [6.07, 6.45) is 7.73. The molecule has 0 aliphatic heterocycles. The number of nitrogens with zero attached hydrogens (tertiary/aromatic N) is 1. The minimum atomic E-state index is -0.356. The van der Waals surface area contributed by atoms with Crippen LogP contribution in [0.2, 0.25) is 0 Å². The number of allylic oxidation sites excluding steroid dienone is 2. The second kappa shape index (κ2) is 4.34. The molecule has 0 saturated carbocycles. The largest absolute Gasteiger partial charge is 0.295 e. The smallest absolute Gasteiger partial charge is 0.155 e. The van der Waals surface area contributed by atoms with Crippen molar-refractivity contribution in [2.75, 3.05) is 0 Å². The number of hydrogen-bond acceptors (Lipinski definition) is 2. The van der Waals surface area contributed by atoms with Gasteiger partial charge in [0.1, 0.15) is 5.82 Å². The highest BCUT2D eigenvalue weighted by atomic mass is 19.1. The van der Waals surface area contributed by atoms with E-state index in [1.807, 2.05) is 0 Å². The van der Waals surface area contributed by atoms with Gasteiger partial charge in [0, 0.05) is 12.6 Å². The van der Waals surface area contributed by atoms with Gasteiger partial charge in [0.05, 0.1) is 6.20 Å². The molecule has 2 rings (SSSR count). The minimum absolute atomic E-state index is 0.131. The van der Waals surface area contributed by atoms with Crippen LogP contribution in [0.5, 0.6) is 0 Å². The average molecular weight is 205 g/mol. The molecule has 0 aromatic carbocycles. The number of aromatic nitrogens is 1. The van der Waals surface area contributed by atoms with Crippen molar-refractivity contribution in [2.24, 2.45) is 0 Å². The fraction of sp³-hybridized carbons (Fsp3) is 0.333. The lowest BCUT2D eigenvalue weighted by Crippen LogP contribution is -1.91. The second-order valence-electron chi connectivity index (χ2n) is 3.73. The third-order valence-electron chi connectivity index (χ3n) is 2.53. The van der Waals surface area contributed by atoms with Crippen molar-refractivity contribution in [3.05, 3.63) is 35.9 Å². The standard InChI is InChI=1S/C12H12FNO/c13-11-5-10(7-14-8-11)9-3-1-2-4-12(15)6-9/h5-8H,1-4H2. The van der Waals surface area contributed by atoms with E-state index in [1.165, 1.54) is 12.3 Å². The summed E-state index contributed by atoms with van der Waals surface area (Å²) in [5.74, 6) is -0.225. The normalized spacial score (nSPS) is 17.1. The fourth-order valence-electron chi connectivity index (χ4n) is 1.77. The molecule has 1 aliphatic rings. The van der Waals surface area contributed by atoms with Crippen LogP contribution < -0.4 is 0 Å². The maximum absolute atomic E-state index is 12.9. The zero-order valence-corrected chi connectivity index (χ0v) is 8.37. The van der Waals surface area contributed by atoms with Crippen LogP contribution in [0, 0.1) is 5.82 Å². The predicted molar refractivity (Wildman–Crippen MR) is 55.6 cm³/mol. The third kappa shape index (κ3) is 2.49. The first kappa shape index (κ1) is 10.0. The van der Waals surface area contributed by atoms with Crippen LogP contribution in [0.4, 0.5) is 4.39 Å². The van der Waals surface area contributed by atoms with Gasteiger partial charge in [0.25, 0.3) is 0 Å². The number of pyridine rings is 1. The molecule has 0 amide bonds. The van der Waals surface area contributed by atoms with Gasteiger partial charge < -0.3 is 0 Å². The van der Waals surface area contributed by atoms with Crippen LogP contribution in [-0.4, -0.2) is 10.8 Å². The molecule has 15 heavy (non-hydrogen) atoms. The van der Waals surface area contributed by atoms with E-state index < -0.39 is 0 Å². The van der Waals surface area contributed by atoms with Gasteiger partial charge in [-0.2, -0.15) is 0 Å². The predicted octanol–water partition coefficient (Wildman–Crippen LogP) is 2.75. The Bertz CT molecular complexity index is 412. The third-order valence-corrected chi connectivity index (χ3v) is 2.53. The van der Waals surface area contributed by atoms with Crippen molar-refractivity contribution in [3.8, 4) is 0 Å². The zero-order valence-electron chi connectivity index (χ0n) is 8.37. The molecule has 0 atom stereocenters. The highest BCUT2D eigenvalue weighted by Crippen LogP contribution is 2.24. The molecule has 78 valence electrons. The zero-order chi connectivity index (χ0) is 10.7. The van der Waals surface area contributed by atoms with Gasteiger partial charge in [0.2, 0.25) is 0 Å². The van der Waals surface area contributed by atoms with Gasteiger partial charge in [-0.1, -0.05) is 0 Å². The maximum atomic E-state index is 12.9. The summed E-state index contributed by atoms with van der Waals surface area (Å²) < 4.78 is 12.9. The van der Waals surface area contributed by atoms with Gasteiger partial charge in [-0.15, -0.1) is 0 Å². The number of ketones is 1. The number of halogens is 1. The van der Waals surface area contributed by atoms with E-state index in [0.29, 0.717) is 6.42 Å². The summed E-state index contributed by atoms with van der Waals surface area (Å²) in [5.41, 5.74) is 1.63. The molecule has 0 fully saturated rings. The van der Waals surface area contributed by atoms with E-state index >= 15 is 0 Å². The van der Waals surface area contributed by atoms with Crippen LogP contribution in [0.15, 0.2) is 24.5 Å².